The lowest BCUT2D eigenvalue weighted by Gasteiger charge is -2.33. The number of hydrogen-bond acceptors (Lipinski definition) is 3. The molecule has 0 radical (unpaired) electrons. The van der Waals surface area contributed by atoms with E-state index in [2.05, 4.69) is 19.3 Å². The van der Waals surface area contributed by atoms with Gasteiger partial charge in [-0.25, -0.2) is 5.48 Å². The Labute approximate surface area is 203 Å². The Morgan fingerprint density at radius 3 is 1.22 bits per heavy atom. The first-order valence-electron chi connectivity index (χ1n) is 14.1. The van der Waals surface area contributed by atoms with Gasteiger partial charge in [-0.2, -0.15) is 0 Å². The van der Waals surface area contributed by atoms with Crippen molar-refractivity contribution in [2.24, 2.45) is 0 Å². The van der Waals surface area contributed by atoms with Crippen molar-refractivity contribution in [3.8, 4) is 0 Å². The molecule has 4 nitrogen and oxygen atoms in total. The van der Waals surface area contributed by atoms with Gasteiger partial charge in [-0.3, -0.25) is 0 Å². The first-order chi connectivity index (χ1) is 15.2. The first-order valence-corrected chi connectivity index (χ1v) is 14.1. The maximum atomic E-state index is 11.3. The standard InChI is InChI=1S/2C14H31NO/c1-4-5-6-7-8-9-10-11-12-13-14-15(2,3)16;1-4-5-6-7-8-9-10-11-12-13-14(2,3)15-16/h4-14H2,1-3H3;15-16H,4-13H2,1-3H3. The number of nitrogens with one attached hydrogen (secondary N) is 1. The normalized spacial score (nSPS) is 12.0. The van der Waals surface area contributed by atoms with E-state index in [-0.39, 0.29) is 10.2 Å². The van der Waals surface area contributed by atoms with Gasteiger partial charge < -0.3 is 15.1 Å². The van der Waals surface area contributed by atoms with E-state index in [0.29, 0.717) is 0 Å². The average molecular weight is 459 g/mol. The molecule has 0 saturated carbocycles. The molecule has 2 N–H and O–H groups in total. The second-order valence-corrected chi connectivity index (χ2v) is 11.1. The van der Waals surface area contributed by atoms with Gasteiger partial charge in [0.05, 0.1) is 20.6 Å². The molecular weight excluding hydrogens is 396 g/mol. The second-order valence-electron chi connectivity index (χ2n) is 11.1. The molecule has 0 atom stereocenters. The van der Waals surface area contributed by atoms with Gasteiger partial charge in [-0.05, 0) is 33.1 Å². The highest BCUT2D eigenvalue weighted by molar-refractivity contribution is 4.72. The molecule has 0 aromatic rings. The minimum absolute atomic E-state index is 0.110. The molecule has 0 saturated heterocycles. The van der Waals surface area contributed by atoms with Crippen molar-refractivity contribution in [3.63, 3.8) is 0 Å². The zero-order valence-corrected chi connectivity index (χ0v) is 23.2. The summed E-state index contributed by atoms with van der Waals surface area (Å²) in [6.45, 7) is 9.37. The van der Waals surface area contributed by atoms with Gasteiger partial charge in [-0.15, -0.1) is 0 Å². The van der Waals surface area contributed by atoms with E-state index in [1.165, 1.54) is 116 Å². The zero-order chi connectivity index (χ0) is 24.6. The van der Waals surface area contributed by atoms with Crippen LogP contribution in [-0.2, 0) is 0 Å². The number of quaternary nitrogens is 1. The lowest BCUT2D eigenvalue weighted by Crippen LogP contribution is -2.36. The molecule has 0 unspecified atom stereocenters. The third kappa shape index (κ3) is 32.0. The van der Waals surface area contributed by atoms with Gasteiger partial charge in [0, 0.05) is 5.54 Å². The van der Waals surface area contributed by atoms with Crippen molar-refractivity contribution in [2.75, 3.05) is 20.6 Å². The molecular formula is C28H62N2O2. The third-order valence-corrected chi connectivity index (χ3v) is 6.26. The summed E-state index contributed by atoms with van der Waals surface area (Å²) < 4.78 is -0.128. The van der Waals surface area contributed by atoms with Gasteiger partial charge in [0.15, 0.2) is 0 Å². The molecule has 0 amide bonds. The van der Waals surface area contributed by atoms with Gasteiger partial charge in [0.25, 0.3) is 0 Å². The molecule has 196 valence electrons. The third-order valence-electron chi connectivity index (χ3n) is 6.26. The zero-order valence-electron chi connectivity index (χ0n) is 23.2. The molecule has 0 aliphatic rings. The van der Waals surface area contributed by atoms with Gasteiger partial charge in [0.2, 0.25) is 0 Å². The largest absolute Gasteiger partial charge is 0.633 e. The van der Waals surface area contributed by atoms with Crippen LogP contribution in [0.25, 0.3) is 0 Å². The monoisotopic (exact) mass is 458 g/mol. The highest BCUT2D eigenvalue weighted by Gasteiger charge is 2.14. The van der Waals surface area contributed by atoms with Crippen LogP contribution in [0, 0.1) is 5.21 Å². The minimum Gasteiger partial charge on any atom is -0.633 e. The van der Waals surface area contributed by atoms with Crippen LogP contribution in [0.15, 0.2) is 0 Å². The number of hydroxylamine groups is 4. The molecule has 0 aromatic heterocycles. The van der Waals surface area contributed by atoms with Crippen LogP contribution >= 0.6 is 0 Å². The second kappa shape index (κ2) is 24.0. The van der Waals surface area contributed by atoms with Crippen molar-refractivity contribution in [1.29, 1.82) is 0 Å². The number of unbranched alkanes of at least 4 members (excludes halogenated alkanes) is 17. The van der Waals surface area contributed by atoms with Crippen LogP contribution in [-0.4, -0.2) is 36.0 Å². The van der Waals surface area contributed by atoms with Crippen LogP contribution in [0.2, 0.25) is 0 Å². The van der Waals surface area contributed by atoms with E-state index in [4.69, 9.17) is 5.21 Å². The fraction of sp³-hybridized carbons (Fsp3) is 1.00. The van der Waals surface area contributed by atoms with E-state index in [0.717, 1.165) is 19.4 Å². The highest BCUT2D eigenvalue weighted by Crippen LogP contribution is 2.15. The summed E-state index contributed by atoms with van der Waals surface area (Å²) in [5, 5.41) is 20.1. The van der Waals surface area contributed by atoms with Gasteiger partial charge in [0.1, 0.15) is 0 Å². The molecule has 0 heterocycles. The van der Waals surface area contributed by atoms with Crippen LogP contribution in [0.5, 0.6) is 0 Å². The molecule has 0 aliphatic heterocycles. The molecule has 0 aromatic carbocycles. The molecule has 0 bridgehead atoms. The average Bonchev–Trinajstić information content (AvgIpc) is 2.73. The molecule has 0 aliphatic carbocycles. The summed E-state index contributed by atoms with van der Waals surface area (Å²) >= 11 is 0. The Bertz CT molecular complexity index is 354. The van der Waals surface area contributed by atoms with Crippen molar-refractivity contribution in [3.05, 3.63) is 5.21 Å². The Morgan fingerprint density at radius 2 is 0.906 bits per heavy atom. The van der Waals surface area contributed by atoms with Crippen molar-refractivity contribution in [1.82, 2.24) is 5.48 Å². The minimum atomic E-state index is -0.128. The summed E-state index contributed by atoms with van der Waals surface area (Å²) in [4.78, 5) is 0. The molecule has 4 heteroatoms. The molecule has 0 spiro atoms. The number of hydrogen-bond donors (Lipinski definition) is 2. The van der Waals surface area contributed by atoms with Crippen LogP contribution in [0.1, 0.15) is 156 Å². The smallest absolute Gasteiger partial charge is 0.0779 e. The van der Waals surface area contributed by atoms with Crippen LogP contribution in [0.4, 0.5) is 0 Å². The quantitative estimate of drug-likeness (QED) is 0.0965. The maximum Gasteiger partial charge on any atom is 0.0779 e. The predicted octanol–water partition coefficient (Wildman–Crippen LogP) is 9.15. The Kier molecular flexibility index (Phi) is 25.5. The summed E-state index contributed by atoms with van der Waals surface area (Å²) in [5.74, 6) is 0. The SMILES string of the molecule is CCCCCCCCCCCC(C)(C)NO.CCCCCCCCCCCC[N+](C)(C)[O-]. The summed E-state index contributed by atoms with van der Waals surface area (Å²) in [6.07, 6.45) is 26.6. The van der Waals surface area contributed by atoms with Crippen LogP contribution < -0.4 is 5.48 Å². The first kappa shape index (κ1) is 34.0. The Morgan fingerprint density at radius 1 is 0.594 bits per heavy atom. The molecule has 0 rings (SSSR count). The fourth-order valence-corrected chi connectivity index (χ4v) is 3.91. The summed E-state index contributed by atoms with van der Waals surface area (Å²) in [7, 11) is 3.46. The lowest BCUT2D eigenvalue weighted by atomic mass is 9.97. The fourth-order valence-electron chi connectivity index (χ4n) is 3.91. The van der Waals surface area contributed by atoms with Crippen LogP contribution in [0.3, 0.4) is 0 Å². The number of rotatable bonds is 22. The Hall–Kier alpha value is -0.160. The summed E-state index contributed by atoms with van der Waals surface area (Å²) in [5.41, 5.74) is 2.26. The van der Waals surface area contributed by atoms with E-state index in [9.17, 15) is 5.21 Å². The van der Waals surface area contributed by atoms with E-state index >= 15 is 0 Å². The van der Waals surface area contributed by atoms with Crippen molar-refractivity contribution in [2.45, 2.75) is 162 Å². The molecule has 0 fully saturated rings. The maximum absolute atomic E-state index is 11.3. The predicted molar refractivity (Wildman–Crippen MR) is 143 cm³/mol. The van der Waals surface area contributed by atoms with E-state index in [1.807, 2.05) is 13.8 Å². The summed E-state index contributed by atoms with van der Waals surface area (Å²) in [6, 6.07) is 0. The molecule has 32 heavy (non-hydrogen) atoms. The topological polar surface area (TPSA) is 55.3 Å². The highest BCUT2D eigenvalue weighted by atomic mass is 16.5. The van der Waals surface area contributed by atoms with E-state index in [1.54, 1.807) is 14.1 Å². The Balaban J connectivity index is 0. The lowest BCUT2D eigenvalue weighted by molar-refractivity contribution is -0.840. The van der Waals surface area contributed by atoms with Crippen molar-refractivity contribution < 1.29 is 9.85 Å². The van der Waals surface area contributed by atoms with Gasteiger partial charge >= 0.3 is 0 Å². The van der Waals surface area contributed by atoms with Crippen molar-refractivity contribution >= 4 is 0 Å². The van der Waals surface area contributed by atoms with Gasteiger partial charge in [-0.1, -0.05) is 123 Å². The van der Waals surface area contributed by atoms with E-state index < -0.39 is 0 Å². The number of nitrogens with zero attached hydrogens (tertiary/aromatic N) is 1.